The topological polar surface area (TPSA) is 102 Å². The molecule has 4 rings (SSSR count). The molecule has 9 heteroatoms. The van der Waals surface area contributed by atoms with Gasteiger partial charge in [-0.05, 0) is 48.5 Å². The van der Waals surface area contributed by atoms with E-state index in [0.717, 1.165) is 0 Å². The van der Waals surface area contributed by atoms with E-state index in [9.17, 15) is 13.2 Å². The van der Waals surface area contributed by atoms with Crippen molar-refractivity contribution in [1.29, 1.82) is 0 Å². The highest BCUT2D eigenvalue weighted by Gasteiger charge is 2.29. The van der Waals surface area contributed by atoms with E-state index in [0.29, 0.717) is 16.3 Å². The molecule has 0 spiro atoms. The number of carboxylic acid groups (broad SMARTS) is 1. The first-order valence-electron chi connectivity index (χ1n) is 8.73. The highest BCUT2D eigenvalue weighted by molar-refractivity contribution is 7.91. The van der Waals surface area contributed by atoms with E-state index in [2.05, 4.69) is 10.3 Å². The first-order valence-corrected chi connectivity index (χ1v) is 10.6. The van der Waals surface area contributed by atoms with E-state index < -0.39 is 15.8 Å². The largest absolute Gasteiger partial charge is 0.478 e. The number of hydrogen-bond donors (Lipinski definition) is 1. The van der Waals surface area contributed by atoms with Crippen molar-refractivity contribution in [2.75, 3.05) is 0 Å². The molecule has 1 heterocycles. The second-order valence-corrected chi connectivity index (χ2v) is 8.63. The molecule has 3 aromatic carbocycles. The van der Waals surface area contributed by atoms with Crippen molar-refractivity contribution in [3.05, 3.63) is 89.4 Å². The first-order chi connectivity index (χ1) is 14.4. The lowest BCUT2D eigenvalue weighted by Crippen LogP contribution is -2.06. The lowest BCUT2D eigenvalue weighted by molar-refractivity contribution is 0.0697. The summed E-state index contributed by atoms with van der Waals surface area (Å²) in [5.74, 6) is -1.06. The molecular weight excluding hydrogens is 426 g/mol. The molecule has 0 radical (unpaired) electrons. The summed E-state index contributed by atoms with van der Waals surface area (Å²) in [6, 6.07) is 20.5. The van der Waals surface area contributed by atoms with Crippen LogP contribution in [0.25, 0.3) is 16.9 Å². The van der Waals surface area contributed by atoms with Gasteiger partial charge in [0.1, 0.15) is 5.69 Å². The summed E-state index contributed by atoms with van der Waals surface area (Å²) in [5.41, 5.74) is 1.36. The molecule has 30 heavy (non-hydrogen) atoms. The van der Waals surface area contributed by atoms with Crippen molar-refractivity contribution in [2.24, 2.45) is 0 Å². The van der Waals surface area contributed by atoms with E-state index in [-0.39, 0.29) is 21.2 Å². The van der Waals surface area contributed by atoms with Crippen LogP contribution in [0.15, 0.2) is 88.8 Å². The number of carboxylic acids is 1. The Kier molecular flexibility index (Phi) is 5.11. The number of halogens is 1. The zero-order valence-corrected chi connectivity index (χ0v) is 16.9. The van der Waals surface area contributed by atoms with E-state index in [4.69, 9.17) is 16.7 Å². The number of aromatic carboxylic acids is 1. The van der Waals surface area contributed by atoms with Crippen LogP contribution in [0, 0.1) is 0 Å². The molecule has 0 saturated carbocycles. The number of sulfone groups is 1. The molecule has 150 valence electrons. The molecule has 0 saturated heterocycles. The van der Waals surface area contributed by atoms with Crippen LogP contribution in [0.4, 0.5) is 0 Å². The Morgan fingerprint density at radius 2 is 1.53 bits per heavy atom. The van der Waals surface area contributed by atoms with Crippen LogP contribution >= 0.6 is 11.6 Å². The summed E-state index contributed by atoms with van der Waals surface area (Å²) in [4.78, 5) is 11.2. The lowest BCUT2D eigenvalue weighted by Gasteiger charge is -2.09. The van der Waals surface area contributed by atoms with Crippen LogP contribution in [0.1, 0.15) is 10.4 Å². The Hall–Kier alpha value is -3.49. The van der Waals surface area contributed by atoms with E-state index in [1.165, 1.54) is 41.1 Å². The summed E-state index contributed by atoms with van der Waals surface area (Å²) in [6.07, 6.45) is 0. The van der Waals surface area contributed by atoms with Gasteiger partial charge in [-0.3, -0.25) is 0 Å². The molecule has 0 aliphatic heterocycles. The number of benzene rings is 3. The van der Waals surface area contributed by atoms with Crippen molar-refractivity contribution in [3.63, 3.8) is 0 Å². The average Bonchev–Trinajstić information content (AvgIpc) is 3.21. The fourth-order valence-electron chi connectivity index (χ4n) is 2.94. The lowest BCUT2D eigenvalue weighted by atomic mass is 10.1. The Morgan fingerprint density at radius 3 is 2.13 bits per heavy atom. The Morgan fingerprint density at radius 1 is 0.900 bits per heavy atom. The van der Waals surface area contributed by atoms with Crippen LogP contribution in [-0.2, 0) is 9.84 Å². The number of nitrogens with zero attached hydrogens (tertiary/aromatic N) is 3. The second-order valence-electron chi connectivity index (χ2n) is 6.33. The zero-order valence-electron chi connectivity index (χ0n) is 15.3. The van der Waals surface area contributed by atoms with Crippen molar-refractivity contribution in [2.45, 2.75) is 9.92 Å². The molecule has 4 aromatic rings. The van der Waals surface area contributed by atoms with Crippen LogP contribution < -0.4 is 0 Å². The van der Waals surface area contributed by atoms with Gasteiger partial charge in [-0.25, -0.2) is 17.9 Å². The molecular formula is C21H14ClN3O4S. The van der Waals surface area contributed by atoms with Gasteiger partial charge in [-0.1, -0.05) is 47.1 Å². The summed E-state index contributed by atoms with van der Waals surface area (Å²) < 4.78 is 27.9. The highest BCUT2D eigenvalue weighted by atomic mass is 35.5. The number of rotatable bonds is 5. The quantitative estimate of drug-likeness (QED) is 0.501. The van der Waals surface area contributed by atoms with Crippen molar-refractivity contribution < 1.29 is 18.3 Å². The van der Waals surface area contributed by atoms with Gasteiger partial charge in [0.2, 0.25) is 14.9 Å². The van der Waals surface area contributed by atoms with Gasteiger partial charge in [0.05, 0.1) is 16.1 Å². The third-order valence-electron chi connectivity index (χ3n) is 4.42. The summed E-state index contributed by atoms with van der Waals surface area (Å²) in [7, 11) is -3.96. The predicted molar refractivity (Wildman–Crippen MR) is 111 cm³/mol. The smallest absolute Gasteiger partial charge is 0.335 e. The monoisotopic (exact) mass is 439 g/mol. The van der Waals surface area contributed by atoms with Gasteiger partial charge in [-0.15, -0.1) is 5.10 Å². The minimum absolute atomic E-state index is 0.0912. The van der Waals surface area contributed by atoms with E-state index >= 15 is 0 Å². The molecule has 0 aliphatic rings. The fraction of sp³-hybridized carbons (Fsp3) is 0. The normalized spacial score (nSPS) is 11.4. The van der Waals surface area contributed by atoms with Gasteiger partial charge in [0.25, 0.3) is 0 Å². The summed E-state index contributed by atoms with van der Waals surface area (Å²) in [6.45, 7) is 0. The summed E-state index contributed by atoms with van der Waals surface area (Å²) in [5, 5.41) is 17.4. The SMILES string of the molecule is O=C(O)c1ccc(-n2nnc(S(=O)(=O)c3ccccc3)c2-c2ccc(Cl)cc2)cc1. The standard InChI is InChI=1S/C21H14ClN3O4S/c22-16-10-6-14(7-11-16)19-20(30(28,29)18-4-2-1-3-5-18)23-24-25(19)17-12-8-15(9-13-17)21(26)27/h1-13H,(H,26,27). The maximum Gasteiger partial charge on any atom is 0.335 e. The predicted octanol–water partition coefficient (Wildman–Crippen LogP) is 4.12. The molecule has 0 amide bonds. The molecule has 1 N–H and O–H groups in total. The van der Waals surface area contributed by atoms with E-state index in [1.807, 2.05) is 0 Å². The molecule has 0 aliphatic carbocycles. The van der Waals surface area contributed by atoms with Crippen molar-refractivity contribution >= 4 is 27.4 Å². The van der Waals surface area contributed by atoms with Crippen LogP contribution in [0.2, 0.25) is 5.02 Å². The second kappa shape index (κ2) is 7.74. The third kappa shape index (κ3) is 3.58. The Labute approximate surface area is 177 Å². The maximum atomic E-state index is 13.3. The fourth-order valence-corrected chi connectivity index (χ4v) is 4.41. The molecule has 0 atom stereocenters. The number of carbonyl (C=O) groups is 1. The molecule has 7 nitrogen and oxygen atoms in total. The van der Waals surface area contributed by atoms with Crippen LogP contribution in [0.3, 0.4) is 0 Å². The van der Waals surface area contributed by atoms with Gasteiger partial charge >= 0.3 is 5.97 Å². The van der Waals surface area contributed by atoms with Gasteiger partial charge in [-0.2, -0.15) is 0 Å². The number of aromatic nitrogens is 3. The summed E-state index contributed by atoms with van der Waals surface area (Å²) >= 11 is 5.99. The highest BCUT2D eigenvalue weighted by Crippen LogP contribution is 2.32. The van der Waals surface area contributed by atoms with Gasteiger partial charge in [0, 0.05) is 10.6 Å². The first kappa shape index (κ1) is 19.8. The van der Waals surface area contributed by atoms with Crippen molar-refractivity contribution in [1.82, 2.24) is 15.0 Å². The minimum Gasteiger partial charge on any atom is -0.478 e. The number of hydrogen-bond acceptors (Lipinski definition) is 5. The molecule has 0 bridgehead atoms. The van der Waals surface area contributed by atoms with Gasteiger partial charge in [0.15, 0.2) is 0 Å². The Balaban J connectivity index is 1.94. The van der Waals surface area contributed by atoms with E-state index in [1.54, 1.807) is 42.5 Å². The van der Waals surface area contributed by atoms with Gasteiger partial charge < -0.3 is 5.11 Å². The molecule has 0 fully saturated rings. The van der Waals surface area contributed by atoms with Crippen LogP contribution in [-0.4, -0.2) is 34.5 Å². The molecule has 1 aromatic heterocycles. The maximum absolute atomic E-state index is 13.3. The zero-order chi connectivity index (χ0) is 21.3. The van der Waals surface area contributed by atoms with Crippen molar-refractivity contribution in [3.8, 4) is 16.9 Å². The third-order valence-corrected chi connectivity index (χ3v) is 6.35. The molecule has 0 unspecified atom stereocenters. The Bertz CT molecular complexity index is 1320. The van der Waals surface area contributed by atoms with Crippen LogP contribution in [0.5, 0.6) is 0 Å². The average molecular weight is 440 g/mol. The minimum atomic E-state index is -3.96.